The van der Waals surface area contributed by atoms with Gasteiger partial charge in [-0.1, -0.05) is 151 Å². The molecule has 8 aromatic heterocycles. The summed E-state index contributed by atoms with van der Waals surface area (Å²) in [6, 6.07) is 110. The molecular weight excluding hydrogens is 1910 g/mol. The average Bonchev–Trinajstić information content (AvgIpc) is 0.758. The summed E-state index contributed by atoms with van der Waals surface area (Å²) in [7, 11) is 0. The molecule has 0 unspecified atom stereocenters. The van der Waals surface area contributed by atoms with Gasteiger partial charge in [0.25, 0.3) is 0 Å². The highest BCUT2D eigenvalue weighted by Gasteiger charge is 2.30. The Morgan fingerprint density at radius 3 is 0.740 bits per heavy atom. The highest BCUT2D eigenvalue weighted by Crippen LogP contribution is 2.29. The first-order chi connectivity index (χ1) is 72.6. The number of carbonyl (C=O) groups is 7. The molecule has 32 nitrogen and oxygen atoms in total. The first kappa shape index (κ1) is 112. The van der Waals surface area contributed by atoms with Crippen LogP contribution in [0.3, 0.4) is 0 Å². The third-order valence-electron chi connectivity index (χ3n) is 22.1. The Morgan fingerprint density at radius 2 is 0.440 bits per heavy atom. The lowest BCUT2D eigenvalue weighted by Gasteiger charge is -2.17. The van der Waals surface area contributed by atoms with Crippen molar-refractivity contribution in [2.45, 2.75) is 33.4 Å². The Morgan fingerprint density at radius 1 is 0.213 bits per heavy atom. The number of aromatic carboxylic acids is 4. The number of ketones is 2. The number of aromatic nitrogens is 8. The molecule has 1 aliphatic carbocycles. The van der Waals surface area contributed by atoms with Gasteiger partial charge in [0.05, 0.1) is 28.7 Å². The number of nitrogens with zero attached hydrogens (tertiary/aromatic N) is 8. The fraction of sp³-hybridized carbons (Fsp3) is 0.0424. The maximum atomic E-state index is 12.3. The van der Waals surface area contributed by atoms with Crippen molar-refractivity contribution in [2.75, 3.05) is 0 Å². The van der Waals surface area contributed by atoms with Crippen LogP contribution in [-0.4, -0.2) is 104 Å². The van der Waals surface area contributed by atoms with Gasteiger partial charge in [0.2, 0.25) is 34.1 Å². The highest BCUT2D eigenvalue weighted by molar-refractivity contribution is 6.28. The van der Waals surface area contributed by atoms with E-state index in [1.807, 2.05) is 204 Å². The summed E-state index contributed by atoms with van der Waals surface area (Å²) in [5.41, 5.74) is 22.5. The summed E-state index contributed by atoms with van der Waals surface area (Å²) in [5.74, 6) is -5.10. The van der Waals surface area contributed by atoms with Crippen molar-refractivity contribution in [1.29, 1.82) is 0 Å². The van der Waals surface area contributed by atoms with Gasteiger partial charge in [-0.05, 0) is 100 Å². The summed E-state index contributed by atoms with van der Waals surface area (Å²) >= 11 is 0. The quantitative estimate of drug-likeness (QED) is 0.0442. The summed E-state index contributed by atoms with van der Waals surface area (Å²) in [5, 5.41) is 45.4. The standard InChI is InChI=1S/2C25H21N2O2.C24H16N2O4.C23H17N2O2.C15H10O2.6CO2/c1-19-2-6-23(7-3-19)26-14-10-21(11-15-26)22-12-16-27(17-13-22)24-8-4-20(5-9-24)18-25(28)29;28-25(29)24-8-6-21(7-9-24)19-27-16-12-23(13-17-27)22-10-14-26(15-11-22)18-20-4-2-1-3-5-20;27-23(28)19-14-20(24(29)30)16-22(15-19)26-12-8-18(9-13-26)17-6-10-25(11-7-17)21-4-2-1-3-5-21;26-23(27)20-6-8-22(9-7-20)25-16-12-19(13-17-25)18-10-14-24(15-11-18)21-4-2-1-3-5-21;1-9-6-7-12-13(8-9)15(17)11-5-3-2-4-10(11)14(12)16;6*2-1-3/h2-17H,18H2,1H3;1-17H,18-19H2;1-16H;1-17H;2-8H,1H3;;;;;;/q2*+1;;+1;;;;;;;/p+5. The van der Waals surface area contributed by atoms with E-state index in [9.17, 15) is 43.8 Å². The van der Waals surface area contributed by atoms with E-state index in [4.69, 9.17) is 72.9 Å². The highest BCUT2D eigenvalue weighted by atomic mass is 16.4. The number of fused-ring (bicyclic) bond motifs is 2. The number of carboxylic acid groups (broad SMARTS) is 5. The number of carbonyl (C=O) groups excluding carboxylic acids is 14. The van der Waals surface area contributed by atoms with Gasteiger partial charge < -0.3 is 25.5 Å². The van der Waals surface area contributed by atoms with Crippen molar-refractivity contribution in [2.24, 2.45) is 0 Å². The van der Waals surface area contributed by atoms with Crippen LogP contribution in [0.25, 0.3) is 78.6 Å². The molecule has 0 saturated carbocycles. The summed E-state index contributed by atoms with van der Waals surface area (Å²) in [6.07, 6.45) is 33.6. The van der Waals surface area contributed by atoms with Crippen molar-refractivity contribution in [3.05, 3.63) is 517 Å². The molecule has 0 bridgehead atoms. The van der Waals surface area contributed by atoms with Crippen LogP contribution in [0.2, 0.25) is 0 Å². The Labute approximate surface area is 856 Å². The molecule has 0 atom stereocenters. The molecule has 5 N–H and O–H groups in total. The second kappa shape index (κ2) is 58.6. The summed E-state index contributed by atoms with van der Waals surface area (Å²) in [4.78, 5) is 177. The van der Waals surface area contributed by atoms with Gasteiger partial charge in [0, 0.05) is 203 Å². The summed E-state index contributed by atoms with van der Waals surface area (Å²) < 4.78 is 16.1. The predicted octanol–water partition coefficient (Wildman–Crippen LogP) is 13.7. The molecule has 8 heterocycles. The smallest absolute Gasteiger partial charge is 0.373 e. The number of hydrogen-bond acceptors (Lipinski definition) is 19. The minimum atomic E-state index is -1.17. The predicted molar refractivity (Wildman–Crippen MR) is 527 cm³/mol. The zero-order valence-corrected chi connectivity index (χ0v) is 79.8. The Hall–Kier alpha value is -21.6. The lowest BCUT2D eigenvalue weighted by atomic mass is 9.83. The lowest BCUT2D eigenvalue weighted by Crippen LogP contribution is -2.33. The molecule has 32 heteroatoms. The van der Waals surface area contributed by atoms with Gasteiger partial charge in [-0.25, -0.2) is 28.3 Å². The van der Waals surface area contributed by atoms with E-state index < -0.39 is 29.8 Å². The molecule has 0 spiro atoms. The van der Waals surface area contributed by atoms with Crippen LogP contribution in [0.5, 0.6) is 0 Å². The van der Waals surface area contributed by atoms with Crippen LogP contribution >= 0.6 is 0 Å². The van der Waals surface area contributed by atoms with Gasteiger partial charge in [0.1, 0.15) is 0 Å². The maximum absolute atomic E-state index is 12.3. The van der Waals surface area contributed by atoms with Crippen molar-refractivity contribution in [3.8, 4) is 78.6 Å². The first-order valence-electron chi connectivity index (χ1n) is 44.8. The molecule has 0 radical (unpaired) electrons. The van der Waals surface area contributed by atoms with Crippen molar-refractivity contribution < 1.29 is 153 Å². The van der Waals surface area contributed by atoms with Crippen molar-refractivity contribution in [1.82, 2.24) is 0 Å². The number of aliphatic carboxylic acids is 1. The Kier molecular flexibility index (Phi) is 43.7. The van der Waals surface area contributed by atoms with E-state index in [0.29, 0.717) is 40.0 Å². The topological polar surface area (TPSA) is 457 Å². The minimum absolute atomic E-state index is 0.0421. The molecule has 738 valence electrons. The monoisotopic (exact) mass is 2000 g/mol. The molecule has 1 aliphatic rings. The van der Waals surface area contributed by atoms with Crippen molar-refractivity contribution in [3.63, 3.8) is 0 Å². The number of aryl methyl sites for hydroxylation is 2. The number of carboxylic acids is 5. The van der Waals surface area contributed by atoms with Crippen LogP contribution in [0.15, 0.2) is 445 Å². The van der Waals surface area contributed by atoms with Crippen LogP contribution in [0.4, 0.5) is 0 Å². The zero-order chi connectivity index (χ0) is 108. The number of rotatable bonds is 20. The average molecular weight is 2000 g/mol. The van der Waals surface area contributed by atoms with Crippen LogP contribution < -0.4 is 36.5 Å². The first-order valence-corrected chi connectivity index (χ1v) is 44.8. The molecule has 0 fully saturated rings. The molecule has 10 aromatic carbocycles. The van der Waals surface area contributed by atoms with E-state index in [2.05, 4.69) is 184 Å². The fourth-order valence-corrected chi connectivity index (χ4v) is 14.9. The minimum Gasteiger partial charge on any atom is -0.481 e. The number of hydrogen-bond donors (Lipinski definition) is 5. The number of pyridine rings is 8. The molecule has 0 saturated heterocycles. The molecule has 19 rings (SSSR count). The molecule has 18 aromatic rings. The molecular formula is C118H90N8O24+8. The Bertz CT molecular complexity index is 7720. The lowest BCUT2D eigenvalue weighted by molar-refractivity contribution is -0.688. The van der Waals surface area contributed by atoms with E-state index in [1.165, 1.54) is 28.8 Å². The van der Waals surface area contributed by atoms with Crippen LogP contribution in [-0.2, 0) is 81.8 Å². The van der Waals surface area contributed by atoms with Crippen molar-refractivity contribution >= 4 is 78.3 Å². The maximum Gasteiger partial charge on any atom is 0.373 e. The second-order valence-corrected chi connectivity index (χ2v) is 31.7. The van der Waals surface area contributed by atoms with Gasteiger partial charge in [-0.3, -0.25) is 14.4 Å². The number of benzene rings is 10. The normalized spacial score (nSPS) is 9.93. The van der Waals surface area contributed by atoms with Gasteiger partial charge in [0.15, 0.2) is 124 Å². The van der Waals surface area contributed by atoms with Gasteiger partial charge in [-0.2, -0.15) is 84.9 Å². The summed E-state index contributed by atoms with van der Waals surface area (Å²) in [6.45, 7) is 5.56. The van der Waals surface area contributed by atoms with Crippen LogP contribution in [0, 0.1) is 13.8 Å². The molecule has 0 aliphatic heterocycles. The molecule has 150 heavy (non-hydrogen) atoms. The largest absolute Gasteiger partial charge is 0.481 e. The third-order valence-corrected chi connectivity index (χ3v) is 22.1. The SMILES string of the molecule is Cc1ccc(-[n+]2ccc(-c3cc[n+](-c4ccc(CC(=O)O)cc4)cc3)cc2)cc1.Cc1ccc2c(c1)C(=O)c1ccccc1C2=O.O=C(O)c1cc(C(=O)O)cc(-[n+]2ccc(-c3cc[n+](-c4ccccc4)cc3)cc2)c1.O=C(O)c1ccc(-[n+]2ccc(-c3cc[n+](-c4ccccc4)cc3)cc2)cc1.O=C(O)c1ccc(C[n+]2ccc(-c3cc[n+](Cc4ccccc4)cc3)cc2)cc1.O=C=O.O=C=O.O=C=O.O=C=O.O=C=O.O=C=O. The van der Waals surface area contributed by atoms with E-state index >= 15 is 0 Å². The van der Waals surface area contributed by atoms with E-state index in [-0.39, 0.29) is 71.6 Å². The second-order valence-electron chi connectivity index (χ2n) is 31.7. The molecule has 0 amide bonds. The fourth-order valence-electron chi connectivity index (χ4n) is 14.9. The van der Waals surface area contributed by atoms with E-state index in [0.717, 1.165) is 96.7 Å². The zero-order valence-electron chi connectivity index (χ0n) is 79.8. The Balaban J connectivity index is 0.000000201. The number of para-hydroxylation sites is 2. The van der Waals surface area contributed by atoms with Gasteiger partial charge in [-0.15, -0.1) is 0 Å². The van der Waals surface area contributed by atoms with E-state index in [1.54, 1.807) is 89.8 Å². The van der Waals surface area contributed by atoms with Gasteiger partial charge >= 0.3 is 66.8 Å². The van der Waals surface area contributed by atoms with Crippen LogP contribution in [0.1, 0.15) is 101 Å². The third kappa shape index (κ3) is 33.8.